The molecular formula is C19H18F2N4O2S. The first kappa shape index (κ1) is 19.8. The maximum Gasteiger partial charge on any atom is 0.271 e. The van der Waals surface area contributed by atoms with Gasteiger partial charge in [-0.1, -0.05) is 13.8 Å². The van der Waals surface area contributed by atoms with E-state index < -0.39 is 11.6 Å². The van der Waals surface area contributed by atoms with Crippen LogP contribution in [0.25, 0.3) is 11.3 Å². The molecular weight excluding hydrogens is 386 g/mol. The van der Waals surface area contributed by atoms with Gasteiger partial charge in [-0.2, -0.15) is 5.10 Å². The van der Waals surface area contributed by atoms with E-state index in [1.807, 2.05) is 13.8 Å². The summed E-state index contributed by atoms with van der Waals surface area (Å²) in [5.41, 5.74) is 2.19. The van der Waals surface area contributed by atoms with Crippen molar-refractivity contribution in [2.75, 3.05) is 0 Å². The molecule has 1 aromatic carbocycles. The van der Waals surface area contributed by atoms with Gasteiger partial charge in [0.15, 0.2) is 11.6 Å². The zero-order valence-corrected chi connectivity index (χ0v) is 16.0. The first-order valence-corrected chi connectivity index (χ1v) is 9.52. The molecule has 28 heavy (non-hydrogen) atoms. The molecule has 0 aliphatic rings. The number of hydrogen-bond acceptors (Lipinski definition) is 5. The van der Waals surface area contributed by atoms with E-state index in [0.717, 1.165) is 12.1 Å². The molecule has 0 saturated heterocycles. The third-order valence-electron chi connectivity index (χ3n) is 4.24. The number of halogens is 2. The summed E-state index contributed by atoms with van der Waals surface area (Å²) in [6, 6.07) is 5.80. The Morgan fingerprint density at radius 2 is 2.00 bits per heavy atom. The summed E-state index contributed by atoms with van der Waals surface area (Å²) in [4.78, 5) is 28.5. The summed E-state index contributed by atoms with van der Waals surface area (Å²) in [7, 11) is 0. The van der Waals surface area contributed by atoms with Crippen molar-refractivity contribution >= 4 is 17.2 Å². The lowest BCUT2D eigenvalue weighted by Gasteiger charge is -2.22. The number of carbonyl (C=O) groups is 1. The molecule has 2 heterocycles. The van der Waals surface area contributed by atoms with Crippen LogP contribution in [0.4, 0.5) is 8.78 Å². The Labute approximate surface area is 163 Å². The monoisotopic (exact) mass is 404 g/mol. The molecule has 0 saturated carbocycles. The number of thiazole rings is 1. The maximum absolute atomic E-state index is 13.5. The molecule has 146 valence electrons. The number of benzene rings is 1. The Kier molecular flexibility index (Phi) is 5.93. The van der Waals surface area contributed by atoms with E-state index in [4.69, 9.17) is 0 Å². The van der Waals surface area contributed by atoms with Crippen LogP contribution >= 0.6 is 11.3 Å². The number of hydrogen-bond donors (Lipinski definition) is 1. The molecule has 2 aromatic heterocycles. The third-order valence-corrected chi connectivity index (χ3v) is 4.82. The summed E-state index contributed by atoms with van der Waals surface area (Å²) >= 11 is 1.31. The Balaban J connectivity index is 1.85. The Morgan fingerprint density at radius 1 is 1.21 bits per heavy atom. The third kappa shape index (κ3) is 4.48. The van der Waals surface area contributed by atoms with Crippen LogP contribution < -0.4 is 10.9 Å². The van der Waals surface area contributed by atoms with E-state index in [2.05, 4.69) is 15.4 Å². The smallest absolute Gasteiger partial charge is 0.271 e. The fraction of sp³-hybridized carbons (Fsp3) is 0.263. The molecule has 1 N–H and O–H groups in total. The maximum atomic E-state index is 13.5. The fourth-order valence-electron chi connectivity index (χ4n) is 2.57. The molecule has 1 atom stereocenters. The van der Waals surface area contributed by atoms with Crippen LogP contribution in [0.15, 0.2) is 46.0 Å². The van der Waals surface area contributed by atoms with Gasteiger partial charge < -0.3 is 5.32 Å². The second kappa shape index (κ2) is 8.39. The van der Waals surface area contributed by atoms with Crippen LogP contribution in [0.2, 0.25) is 0 Å². The number of nitrogens with one attached hydrogen (secondary N) is 1. The van der Waals surface area contributed by atoms with Crippen molar-refractivity contribution in [2.24, 2.45) is 5.92 Å². The summed E-state index contributed by atoms with van der Waals surface area (Å²) in [5, 5.41) is 8.76. The molecule has 0 bridgehead atoms. The SMILES string of the molecule is CC(C)[C@H](Cn1nc(-c2ccc(F)c(F)c2)ccc1=O)NC(=O)c1cscn1. The Bertz CT molecular complexity index is 1030. The van der Waals surface area contributed by atoms with Gasteiger partial charge in [-0.05, 0) is 30.2 Å². The minimum atomic E-state index is -0.993. The van der Waals surface area contributed by atoms with Crippen molar-refractivity contribution in [3.05, 3.63) is 68.9 Å². The molecule has 0 fully saturated rings. The highest BCUT2D eigenvalue weighted by Crippen LogP contribution is 2.18. The van der Waals surface area contributed by atoms with Gasteiger partial charge >= 0.3 is 0 Å². The quantitative estimate of drug-likeness (QED) is 0.685. The van der Waals surface area contributed by atoms with Gasteiger partial charge in [0.2, 0.25) is 0 Å². The van der Waals surface area contributed by atoms with Crippen molar-refractivity contribution in [1.82, 2.24) is 20.1 Å². The average Bonchev–Trinajstić information content (AvgIpc) is 3.20. The van der Waals surface area contributed by atoms with Gasteiger partial charge in [0.1, 0.15) is 5.69 Å². The van der Waals surface area contributed by atoms with Gasteiger partial charge in [-0.15, -0.1) is 11.3 Å². The van der Waals surface area contributed by atoms with Gasteiger partial charge in [-0.25, -0.2) is 18.4 Å². The van der Waals surface area contributed by atoms with Crippen LogP contribution in [-0.2, 0) is 6.54 Å². The van der Waals surface area contributed by atoms with Crippen LogP contribution in [0.3, 0.4) is 0 Å². The number of rotatable bonds is 6. The van der Waals surface area contributed by atoms with Crippen molar-refractivity contribution in [3.63, 3.8) is 0 Å². The lowest BCUT2D eigenvalue weighted by atomic mass is 10.0. The molecule has 3 aromatic rings. The lowest BCUT2D eigenvalue weighted by molar-refractivity contribution is 0.0914. The van der Waals surface area contributed by atoms with E-state index in [0.29, 0.717) is 17.0 Å². The molecule has 9 heteroatoms. The van der Waals surface area contributed by atoms with Crippen LogP contribution in [0.1, 0.15) is 24.3 Å². The fourth-order valence-corrected chi connectivity index (χ4v) is 3.10. The standard InChI is InChI=1S/C19H18F2N4O2S/c1-11(2)16(23-19(27)17-9-28-10-22-17)8-25-18(26)6-5-15(24-25)12-3-4-13(20)14(21)7-12/h3-7,9-11,16H,8H2,1-2H3,(H,23,27)/t16-/m0/s1. The molecule has 0 spiro atoms. The van der Waals surface area contributed by atoms with Crippen molar-refractivity contribution < 1.29 is 13.6 Å². The summed E-state index contributed by atoms with van der Waals surface area (Å²) < 4.78 is 27.9. The topological polar surface area (TPSA) is 76.9 Å². The number of aromatic nitrogens is 3. The van der Waals surface area contributed by atoms with Crippen LogP contribution in [-0.4, -0.2) is 26.7 Å². The zero-order valence-electron chi connectivity index (χ0n) is 15.2. The molecule has 0 aliphatic carbocycles. The van der Waals surface area contributed by atoms with Gasteiger partial charge in [0.25, 0.3) is 11.5 Å². The molecule has 1 amide bonds. The van der Waals surface area contributed by atoms with Gasteiger partial charge in [-0.3, -0.25) is 9.59 Å². The molecule has 0 radical (unpaired) electrons. The summed E-state index contributed by atoms with van der Waals surface area (Å²) in [5.74, 6) is -2.26. The average molecular weight is 404 g/mol. The highest BCUT2D eigenvalue weighted by Gasteiger charge is 2.20. The van der Waals surface area contributed by atoms with Crippen molar-refractivity contribution in [3.8, 4) is 11.3 Å². The first-order chi connectivity index (χ1) is 13.3. The van der Waals surface area contributed by atoms with Gasteiger partial charge in [0.05, 0.1) is 23.8 Å². The highest BCUT2D eigenvalue weighted by molar-refractivity contribution is 7.07. The van der Waals surface area contributed by atoms with Crippen molar-refractivity contribution in [1.29, 1.82) is 0 Å². The molecule has 6 nitrogen and oxygen atoms in total. The largest absolute Gasteiger partial charge is 0.346 e. The number of carbonyl (C=O) groups excluding carboxylic acids is 1. The minimum absolute atomic E-state index is 0.0169. The van der Waals surface area contributed by atoms with E-state index >= 15 is 0 Å². The molecule has 3 rings (SSSR count). The van der Waals surface area contributed by atoms with E-state index in [1.54, 1.807) is 10.9 Å². The highest BCUT2D eigenvalue weighted by atomic mass is 32.1. The predicted octanol–water partition coefficient (Wildman–Crippen LogP) is 3.10. The van der Waals surface area contributed by atoms with Gasteiger partial charge in [0, 0.05) is 17.0 Å². The van der Waals surface area contributed by atoms with Crippen molar-refractivity contribution in [2.45, 2.75) is 26.4 Å². The zero-order chi connectivity index (χ0) is 20.3. The molecule has 0 unspecified atom stereocenters. The Morgan fingerprint density at radius 3 is 2.64 bits per heavy atom. The first-order valence-electron chi connectivity index (χ1n) is 8.58. The Hall–Kier alpha value is -2.94. The van der Waals surface area contributed by atoms with Crippen LogP contribution in [0, 0.1) is 17.6 Å². The normalized spacial score (nSPS) is 12.2. The summed E-state index contributed by atoms with van der Waals surface area (Å²) in [6.07, 6.45) is 0. The second-order valence-electron chi connectivity index (χ2n) is 6.57. The molecule has 0 aliphatic heterocycles. The van der Waals surface area contributed by atoms with E-state index in [-0.39, 0.29) is 30.0 Å². The number of nitrogens with zero attached hydrogens (tertiary/aromatic N) is 3. The van der Waals surface area contributed by atoms with E-state index in [9.17, 15) is 18.4 Å². The second-order valence-corrected chi connectivity index (χ2v) is 7.28. The predicted molar refractivity (Wildman–Crippen MR) is 102 cm³/mol. The minimum Gasteiger partial charge on any atom is -0.346 e. The number of amides is 1. The summed E-state index contributed by atoms with van der Waals surface area (Å²) in [6.45, 7) is 3.95. The van der Waals surface area contributed by atoms with E-state index in [1.165, 1.54) is 34.2 Å². The lowest BCUT2D eigenvalue weighted by Crippen LogP contribution is -2.44. The van der Waals surface area contributed by atoms with Crippen LogP contribution in [0.5, 0.6) is 0 Å².